The molecule has 0 bridgehead atoms. The van der Waals surface area contributed by atoms with E-state index in [1.807, 2.05) is 6.92 Å². The van der Waals surface area contributed by atoms with Crippen molar-refractivity contribution >= 4 is 17.6 Å². The Morgan fingerprint density at radius 3 is 3.06 bits per heavy atom. The zero-order chi connectivity index (χ0) is 12.0. The van der Waals surface area contributed by atoms with Crippen molar-refractivity contribution in [3.05, 3.63) is 10.5 Å². The first-order valence-electron chi connectivity index (χ1n) is 5.26. The standard InChI is InChI=1S/C9H17N5OS/c1-2-5-14-8(15)12-13-9(14)16-6-3-4-7(10)11/h2-6H2,1H3,(H3,10,11)(H,12,15). The summed E-state index contributed by atoms with van der Waals surface area (Å²) in [6.45, 7) is 2.70. The fourth-order valence-electron chi connectivity index (χ4n) is 1.26. The number of nitrogens with one attached hydrogen (secondary N) is 2. The number of aromatic nitrogens is 3. The molecule has 1 aromatic heterocycles. The Morgan fingerprint density at radius 1 is 1.69 bits per heavy atom. The average Bonchev–Trinajstić information content (AvgIpc) is 2.56. The van der Waals surface area contributed by atoms with Gasteiger partial charge in [0.2, 0.25) is 0 Å². The Morgan fingerprint density at radius 2 is 2.44 bits per heavy atom. The van der Waals surface area contributed by atoms with E-state index in [-0.39, 0.29) is 11.5 Å². The molecular formula is C9H17N5OS. The van der Waals surface area contributed by atoms with Crippen LogP contribution in [0.1, 0.15) is 26.2 Å². The highest BCUT2D eigenvalue weighted by Crippen LogP contribution is 2.15. The maximum absolute atomic E-state index is 11.3. The Labute approximate surface area is 98.1 Å². The summed E-state index contributed by atoms with van der Waals surface area (Å²) >= 11 is 1.52. The molecule has 0 atom stereocenters. The largest absolute Gasteiger partial charge is 0.388 e. The van der Waals surface area contributed by atoms with Crippen LogP contribution in [0.25, 0.3) is 0 Å². The van der Waals surface area contributed by atoms with Gasteiger partial charge in [-0.3, -0.25) is 9.98 Å². The summed E-state index contributed by atoms with van der Waals surface area (Å²) in [6.07, 6.45) is 2.32. The molecule has 0 amide bonds. The van der Waals surface area contributed by atoms with Crippen molar-refractivity contribution in [3.63, 3.8) is 0 Å². The maximum Gasteiger partial charge on any atom is 0.343 e. The summed E-state index contributed by atoms with van der Waals surface area (Å²) in [7, 11) is 0. The average molecular weight is 243 g/mol. The van der Waals surface area contributed by atoms with Crippen molar-refractivity contribution in [2.75, 3.05) is 5.75 Å². The van der Waals surface area contributed by atoms with Gasteiger partial charge in [0, 0.05) is 18.7 Å². The SMILES string of the molecule is CCCn1c(SCCCC(=N)N)n[nH]c1=O. The second-order valence-corrected chi connectivity index (χ2v) is 4.50. The monoisotopic (exact) mass is 243 g/mol. The summed E-state index contributed by atoms with van der Waals surface area (Å²) in [6, 6.07) is 0. The molecule has 0 saturated carbocycles. The number of rotatable bonds is 7. The van der Waals surface area contributed by atoms with Crippen LogP contribution in [0.15, 0.2) is 9.95 Å². The molecular weight excluding hydrogens is 226 g/mol. The van der Waals surface area contributed by atoms with Crippen LogP contribution >= 0.6 is 11.8 Å². The molecule has 1 aromatic rings. The lowest BCUT2D eigenvalue weighted by molar-refractivity contribution is 0.603. The molecule has 0 aliphatic rings. The van der Waals surface area contributed by atoms with Crippen LogP contribution in [0.3, 0.4) is 0 Å². The number of nitrogens with two attached hydrogens (primary N) is 1. The minimum Gasteiger partial charge on any atom is -0.388 e. The van der Waals surface area contributed by atoms with Gasteiger partial charge in [-0.15, -0.1) is 5.10 Å². The van der Waals surface area contributed by atoms with Crippen LogP contribution in [0.5, 0.6) is 0 Å². The van der Waals surface area contributed by atoms with Crippen LogP contribution in [-0.2, 0) is 6.54 Å². The molecule has 4 N–H and O–H groups in total. The number of hydrogen-bond acceptors (Lipinski definition) is 4. The minimum atomic E-state index is -0.157. The Hall–Kier alpha value is -1.24. The van der Waals surface area contributed by atoms with Gasteiger partial charge in [-0.2, -0.15) is 0 Å². The van der Waals surface area contributed by atoms with E-state index in [0.717, 1.165) is 23.8 Å². The number of hydrogen-bond donors (Lipinski definition) is 3. The minimum absolute atomic E-state index is 0.157. The first-order valence-corrected chi connectivity index (χ1v) is 6.24. The number of nitrogens with zero attached hydrogens (tertiary/aromatic N) is 2. The van der Waals surface area contributed by atoms with Crippen molar-refractivity contribution < 1.29 is 0 Å². The molecule has 0 aromatic carbocycles. The van der Waals surface area contributed by atoms with Crippen molar-refractivity contribution in [1.29, 1.82) is 5.41 Å². The fourth-order valence-corrected chi connectivity index (χ4v) is 2.17. The predicted octanol–water partition coefficient (Wildman–Crippen LogP) is 0.790. The Kier molecular flexibility index (Phi) is 5.10. The van der Waals surface area contributed by atoms with Gasteiger partial charge in [-0.1, -0.05) is 18.7 Å². The van der Waals surface area contributed by atoms with E-state index >= 15 is 0 Å². The van der Waals surface area contributed by atoms with Crippen molar-refractivity contribution in [2.24, 2.45) is 5.73 Å². The van der Waals surface area contributed by atoms with Gasteiger partial charge in [0.1, 0.15) is 0 Å². The smallest absolute Gasteiger partial charge is 0.343 e. The molecule has 0 spiro atoms. The molecule has 1 rings (SSSR count). The molecule has 7 heteroatoms. The van der Waals surface area contributed by atoms with E-state index in [9.17, 15) is 4.79 Å². The molecule has 1 heterocycles. The topological polar surface area (TPSA) is 101 Å². The molecule has 16 heavy (non-hydrogen) atoms. The maximum atomic E-state index is 11.3. The Balaban J connectivity index is 2.47. The van der Waals surface area contributed by atoms with Gasteiger partial charge in [0.25, 0.3) is 0 Å². The van der Waals surface area contributed by atoms with Gasteiger partial charge in [0.05, 0.1) is 5.84 Å². The van der Waals surface area contributed by atoms with Crippen LogP contribution in [-0.4, -0.2) is 26.4 Å². The van der Waals surface area contributed by atoms with Gasteiger partial charge in [-0.05, 0) is 12.8 Å². The van der Waals surface area contributed by atoms with E-state index in [4.69, 9.17) is 11.1 Å². The van der Waals surface area contributed by atoms with E-state index in [2.05, 4.69) is 10.2 Å². The normalized spacial score (nSPS) is 10.6. The summed E-state index contributed by atoms with van der Waals surface area (Å²) in [5.41, 5.74) is 5.09. The zero-order valence-corrected chi connectivity index (χ0v) is 10.1. The van der Waals surface area contributed by atoms with E-state index < -0.39 is 0 Å². The third-order valence-electron chi connectivity index (χ3n) is 1.99. The lowest BCUT2D eigenvalue weighted by atomic mass is 10.3. The molecule has 0 aliphatic heterocycles. The van der Waals surface area contributed by atoms with Crippen LogP contribution in [0, 0.1) is 5.41 Å². The lowest BCUT2D eigenvalue weighted by Gasteiger charge is -2.02. The third-order valence-corrected chi connectivity index (χ3v) is 3.05. The van der Waals surface area contributed by atoms with Crippen LogP contribution in [0.4, 0.5) is 0 Å². The van der Waals surface area contributed by atoms with Crippen LogP contribution in [0.2, 0.25) is 0 Å². The second kappa shape index (κ2) is 6.37. The molecule has 0 radical (unpaired) electrons. The summed E-state index contributed by atoms with van der Waals surface area (Å²) in [5.74, 6) is 1.02. The van der Waals surface area contributed by atoms with Gasteiger partial charge in [-0.25, -0.2) is 9.89 Å². The highest BCUT2D eigenvalue weighted by Gasteiger charge is 2.07. The highest BCUT2D eigenvalue weighted by atomic mass is 32.2. The first kappa shape index (κ1) is 12.8. The lowest BCUT2D eigenvalue weighted by Crippen LogP contribution is -2.17. The third kappa shape index (κ3) is 3.73. The number of amidine groups is 1. The van der Waals surface area contributed by atoms with Crippen molar-refractivity contribution in [3.8, 4) is 0 Å². The van der Waals surface area contributed by atoms with Crippen molar-refractivity contribution in [1.82, 2.24) is 14.8 Å². The number of H-pyrrole nitrogens is 1. The predicted molar refractivity (Wildman–Crippen MR) is 65.0 cm³/mol. The number of thioether (sulfide) groups is 1. The fraction of sp³-hybridized carbons (Fsp3) is 0.667. The summed E-state index contributed by atoms with van der Waals surface area (Å²) in [5, 5.41) is 14.2. The van der Waals surface area contributed by atoms with E-state index in [1.165, 1.54) is 11.8 Å². The molecule has 90 valence electrons. The van der Waals surface area contributed by atoms with E-state index in [1.54, 1.807) is 4.57 Å². The molecule has 6 nitrogen and oxygen atoms in total. The van der Waals surface area contributed by atoms with Crippen molar-refractivity contribution in [2.45, 2.75) is 37.9 Å². The molecule has 0 aliphatic carbocycles. The Bertz CT molecular complexity index is 397. The van der Waals surface area contributed by atoms with Gasteiger partial charge >= 0.3 is 5.69 Å². The number of aromatic amines is 1. The highest BCUT2D eigenvalue weighted by molar-refractivity contribution is 7.99. The summed E-state index contributed by atoms with van der Waals surface area (Å²) < 4.78 is 1.64. The molecule has 0 unspecified atom stereocenters. The second-order valence-electron chi connectivity index (χ2n) is 3.44. The van der Waals surface area contributed by atoms with E-state index in [0.29, 0.717) is 13.0 Å². The van der Waals surface area contributed by atoms with Gasteiger partial charge < -0.3 is 5.73 Å². The molecule has 0 saturated heterocycles. The first-order chi connectivity index (χ1) is 7.65. The van der Waals surface area contributed by atoms with Gasteiger partial charge in [0.15, 0.2) is 5.16 Å². The molecule has 0 fully saturated rings. The van der Waals surface area contributed by atoms with Crippen LogP contribution < -0.4 is 11.4 Å². The summed E-state index contributed by atoms with van der Waals surface area (Å²) in [4.78, 5) is 11.3. The zero-order valence-electron chi connectivity index (χ0n) is 9.32. The quantitative estimate of drug-likeness (QED) is 0.285.